The van der Waals surface area contributed by atoms with E-state index in [1.54, 1.807) is 29.6 Å². The maximum atomic E-state index is 12.9. The third kappa shape index (κ3) is 3.33. The van der Waals surface area contributed by atoms with E-state index in [1.165, 1.54) is 0 Å². The predicted molar refractivity (Wildman–Crippen MR) is 96.1 cm³/mol. The molecule has 2 amide bonds. The lowest BCUT2D eigenvalue weighted by atomic mass is 10.0. The fraction of sp³-hybridized carbons (Fsp3) is 0.706. The summed E-state index contributed by atoms with van der Waals surface area (Å²) in [4.78, 5) is 26.7. The number of ether oxygens (including phenoxy) is 1. The SMILES string of the molecule is CC1(C)OC2(CCN(C(=O)c3cn(C(C)(C)C)nc3Br)CC2)NC1=O. The molecule has 0 unspecified atom stereocenters. The van der Waals surface area contributed by atoms with Gasteiger partial charge in [-0.1, -0.05) is 0 Å². The van der Waals surface area contributed by atoms with Crippen molar-refractivity contribution in [3.05, 3.63) is 16.4 Å². The number of carbonyl (C=O) groups excluding carboxylic acids is 2. The Bertz CT molecular complexity index is 712. The number of hydrogen-bond acceptors (Lipinski definition) is 4. The Morgan fingerprint density at radius 2 is 1.92 bits per heavy atom. The van der Waals surface area contributed by atoms with Crippen LogP contribution in [0.25, 0.3) is 0 Å². The van der Waals surface area contributed by atoms with Gasteiger partial charge in [-0.15, -0.1) is 0 Å². The van der Waals surface area contributed by atoms with Gasteiger partial charge in [-0.05, 0) is 50.5 Å². The van der Waals surface area contributed by atoms with E-state index in [2.05, 4.69) is 26.3 Å². The van der Waals surface area contributed by atoms with Gasteiger partial charge in [0.15, 0.2) is 0 Å². The van der Waals surface area contributed by atoms with Crippen molar-refractivity contribution in [1.82, 2.24) is 20.0 Å². The fourth-order valence-corrected chi connectivity index (χ4v) is 3.67. The molecular weight excluding hydrogens is 388 g/mol. The molecule has 2 aliphatic rings. The summed E-state index contributed by atoms with van der Waals surface area (Å²) in [6.07, 6.45) is 2.95. The van der Waals surface area contributed by atoms with Gasteiger partial charge in [0, 0.05) is 32.1 Å². The van der Waals surface area contributed by atoms with Crippen molar-refractivity contribution in [1.29, 1.82) is 0 Å². The molecule has 2 fully saturated rings. The summed E-state index contributed by atoms with van der Waals surface area (Å²) in [6, 6.07) is 0. The van der Waals surface area contributed by atoms with E-state index >= 15 is 0 Å². The van der Waals surface area contributed by atoms with E-state index in [0.717, 1.165) is 0 Å². The molecule has 8 heteroatoms. The van der Waals surface area contributed by atoms with Crippen molar-refractivity contribution in [2.45, 2.75) is 64.3 Å². The van der Waals surface area contributed by atoms with Gasteiger partial charge in [-0.3, -0.25) is 14.3 Å². The minimum absolute atomic E-state index is 0.0548. The molecule has 1 N–H and O–H groups in total. The van der Waals surface area contributed by atoms with Gasteiger partial charge in [0.05, 0.1) is 11.1 Å². The average molecular weight is 413 g/mol. The second-order valence-electron chi connectivity index (χ2n) is 8.30. The number of carbonyl (C=O) groups is 2. The highest BCUT2D eigenvalue weighted by Crippen LogP contribution is 2.35. The van der Waals surface area contributed by atoms with E-state index in [1.807, 2.05) is 20.8 Å². The van der Waals surface area contributed by atoms with Crippen molar-refractivity contribution in [2.75, 3.05) is 13.1 Å². The molecule has 0 atom stereocenters. The summed E-state index contributed by atoms with van der Waals surface area (Å²) in [5.41, 5.74) is -1.10. The van der Waals surface area contributed by atoms with Crippen LogP contribution in [0.2, 0.25) is 0 Å². The molecule has 1 spiro atoms. The van der Waals surface area contributed by atoms with E-state index in [0.29, 0.717) is 36.1 Å². The summed E-state index contributed by atoms with van der Waals surface area (Å²) in [7, 11) is 0. The highest BCUT2D eigenvalue weighted by Gasteiger charge is 2.51. The zero-order chi connectivity index (χ0) is 18.6. The number of aromatic nitrogens is 2. The molecule has 0 radical (unpaired) electrons. The third-order valence-corrected chi connectivity index (χ3v) is 5.37. The Hall–Kier alpha value is -1.41. The van der Waals surface area contributed by atoms with Crippen LogP contribution in [0.5, 0.6) is 0 Å². The fourth-order valence-electron chi connectivity index (χ4n) is 3.23. The first kappa shape index (κ1) is 18.4. The van der Waals surface area contributed by atoms with Crippen LogP contribution in [0.4, 0.5) is 0 Å². The zero-order valence-electron chi connectivity index (χ0n) is 15.4. The first-order chi connectivity index (χ1) is 11.4. The van der Waals surface area contributed by atoms with E-state index in [9.17, 15) is 9.59 Å². The Kier molecular flexibility index (Phi) is 4.27. The molecule has 0 aliphatic carbocycles. The monoisotopic (exact) mass is 412 g/mol. The molecule has 138 valence electrons. The van der Waals surface area contributed by atoms with Crippen molar-refractivity contribution >= 4 is 27.7 Å². The minimum Gasteiger partial charge on any atom is -0.340 e. The van der Waals surface area contributed by atoms with Gasteiger partial charge in [0.25, 0.3) is 11.8 Å². The summed E-state index contributed by atoms with van der Waals surface area (Å²) in [5, 5.41) is 7.37. The number of rotatable bonds is 1. The number of nitrogens with one attached hydrogen (secondary N) is 1. The van der Waals surface area contributed by atoms with Gasteiger partial charge < -0.3 is 15.0 Å². The number of amides is 2. The van der Waals surface area contributed by atoms with Crippen LogP contribution in [0.15, 0.2) is 10.8 Å². The number of hydrogen-bond donors (Lipinski definition) is 1. The lowest BCUT2D eigenvalue weighted by Crippen LogP contribution is -2.53. The summed E-state index contributed by atoms with van der Waals surface area (Å²) in [5.74, 6) is -0.151. The van der Waals surface area contributed by atoms with Crippen LogP contribution in [0.1, 0.15) is 57.8 Å². The number of piperidine rings is 1. The molecule has 25 heavy (non-hydrogen) atoms. The molecule has 2 aliphatic heterocycles. The molecule has 0 saturated carbocycles. The largest absolute Gasteiger partial charge is 0.340 e. The van der Waals surface area contributed by atoms with Crippen molar-refractivity contribution in [3.63, 3.8) is 0 Å². The first-order valence-corrected chi connectivity index (χ1v) is 9.31. The van der Waals surface area contributed by atoms with Crippen LogP contribution >= 0.6 is 15.9 Å². The zero-order valence-corrected chi connectivity index (χ0v) is 16.9. The standard InChI is InChI=1S/C17H25BrN4O3/c1-15(2,3)22-10-11(12(18)20-22)13(23)21-8-6-17(7-9-21)19-14(24)16(4,5)25-17/h10H,6-9H2,1-5H3,(H,19,24). The molecule has 3 heterocycles. The molecule has 1 aromatic rings. The lowest BCUT2D eigenvalue weighted by molar-refractivity contribution is -0.138. The molecule has 0 aromatic carbocycles. The van der Waals surface area contributed by atoms with Crippen LogP contribution in [0.3, 0.4) is 0 Å². The van der Waals surface area contributed by atoms with Crippen LogP contribution in [-0.2, 0) is 15.1 Å². The molecule has 0 bridgehead atoms. The van der Waals surface area contributed by atoms with E-state index in [4.69, 9.17) is 4.74 Å². The highest BCUT2D eigenvalue weighted by molar-refractivity contribution is 9.10. The van der Waals surface area contributed by atoms with Gasteiger partial charge in [-0.2, -0.15) is 5.10 Å². The van der Waals surface area contributed by atoms with Crippen LogP contribution in [0, 0.1) is 0 Å². The smallest absolute Gasteiger partial charge is 0.258 e. The van der Waals surface area contributed by atoms with Crippen molar-refractivity contribution < 1.29 is 14.3 Å². The lowest BCUT2D eigenvalue weighted by Gasteiger charge is -2.38. The second kappa shape index (κ2) is 5.81. The maximum absolute atomic E-state index is 12.9. The Labute approximate surface area is 156 Å². The maximum Gasteiger partial charge on any atom is 0.258 e. The van der Waals surface area contributed by atoms with Gasteiger partial charge >= 0.3 is 0 Å². The highest BCUT2D eigenvalue weighted by atomic mass is 79.9. The Balaban J connectivity index is 1.71. The molecule has 7 nitrogen and oxygen atoms in total. The molecule has 1 aromatic heterocycles. The normalized spacial score (nSPS) is 22.3. The van der Waals surface area contributed by atoms with Crippen LogP contribution in [-0.4, -0.2) is 50.9 Å². The predicted octanol–water partition coefficient (Wildman–Crippen LogP) is 2.26. The molecular formula is C17H25BrN4O3. The molecule has 3 rings (SSSR count). The average Bonchev–Trinajstić information content (AvgIpc) is 2.97. The quantitative estimate of drug-likeness (QED) is 0.767. The van der Waals surface area contributed by atoms with E-state index in [-0.39, 0.29) is 17.4 Å². The van der Waals surface area contributed by atoms with Crippen LogP contribution < -0.4 is 5.32 Å². The minimum atomic E-state index is -0.816. The van der Waals surface area contributed by atoms with Crippen molar-refractivity contribution in [3.8, 4) is 0 Å². The van der Waals surface area contributed by atoms with Gasteiger partial charge in [0.1, 0.15) is 15.9 Å². The third-order valence-electron chi connectivity index (χ3n) is 4.78. The summed E-state index contributed by atoms with van der Waals surface area (Å²) >= 11 is 3.40. The Morgan fingerprint density at radius 1 is 1.32 bits per heavy atom. The number of halogens is 1. The Morgan fingerprint density at radius 3 is 2.36 bits per heavy atom. The summed E-state index contributed by atoms with van der Waals surface area (Å²) < 4.78 is 8.32. The second-order valence-corrected chi connectivity index (χ2v) is 9.05. The van der Waals surface area contributed by atoms with E-state index < -0.39 is 11.3 Å². The van der Waals surface area contributed by atoms with Gasteiger partial charge in [0.2, 0.25) is 0 Å². The van der Waals surface area contributed by atoms with Gasteiger partial charge in [-0.25, -0.2) is 0 Å². The first-order valence-electron chi connectivity index (χ1n) is 8.51. The van der Waals surface area contributed by atoms with Crippen molar-refractivity contribution in [2.24, 2.45) is 0 Å². The summed E-state index contributed by atoms with van der Waals surface area (Å²) in [6.45, 7) is 10.7. The number of nitrogens with zero attached hydrogens (tertiary/aromatic N) is 3. The number of likely N-dealkylation sites (tertiary alicyclic amines) is 1. The molecule has 2 saturated heterocycles. The topological polar surface area (TPSA) is 76.5 Å².